The first-order valence-corrected chi connectivity index (χ1v) is 6.45. The molecule has 0 saturated carbocycles. The van der Waals surface area contributed by atoms with Crippen LogP contribution in [0.5, 0.6) is 0 Å². The van der Waals surface area contributed by atoms with Crippen LogP contribution >= 0.6 is 0 Å². The van der Waals surface area contributed by atoms with Gasteiger partial charge in [-0.3, -0.25) is 4.79 Å². The van der Waals surface area contributed by atoms with Crippen LogP contribution in [0.25, 0.3) is 0 Å². The predicted molar refractivity (Wildman–Crippen MR) is 76.9 cm³/mol. The summed E-state index contributed by atoms with van der Waals surface area (Å²) in [4.78, 5) is 11.6. The molecule has 0 radical (unpaired) electrons. The molecule has 2 N–H and O–H groups in total. The highest BCUT2D eigenvalue weighted by atomic mass is 16.1. The molecule has 0 fully saturated rings. The van der Waals surface area contributed by atoms with E-state index in [2.05, 4.69) is 49.3 Å². The number of carbonyl (C=O) groups excluding carboxylic acids is 1. The third kappa shape index (κ3) is 3.91. The van der Waals surface area contributed by atoms with E-state index in [1.807, 2.05) is 0 Å². The Morgan fingerprint density at radius 2 is 1.89 bits per heavy atom. The third-order valence-corrected chi connectivity index (χ3v) is 2.87. The Bertz CT molecular complexity index is 391. The molecule has 1 aromatic rings. The number of anilines is 1. The number of benzene rings is 1. The molecular formula is C15H22N2O. The van der Waals surface area contributed by atoms with Crippen LogP contribution in [0.4, 0.5) is 5.69 Å². The number of hydrogen-bond donors (Lipinski definition) is 2. The first-order valence-electron chi connectivity index (χ1n) is 6.45. The van der Waals surface area contributed by atoms with Gasteiger partial charge in [0.1, 0.15) is 0 Å². The fourth-order valence-corrected chi connectivity index (χ4v) is 1.89. The van der Waals surface area contributed by atoms with Gasteiger partial charge in [-0.2, -0.15) is 0 Å². The highest BCUT2D eigenvalue weighted by molar-refractivity contribution is 5.81. The van der Waals surface area contributed by atoms with Gasteiger partial charge in [0, 0.05) is 12.2 Å². The zero-order chi connectivity index (χ0) is 13.4. The molecule has 1 aromatic carbocycles. The average molecular weight is 246 g/mol. The molecule has 0 aliphatic carbocycles. The molecule has 0 aromatic heterocycles. The molecule has 1 rings (SSSR count). The lowest BCUT2D eigenvalue weighted by molar-refractivity contribution is -0.119. The Kier molecular flexibility index (Phi) is 5.98. The van der Waals surface area contributed by atoms with Gasteiger partial charge >= 0.3 is 0 Å². The highest BCUT2D eigenvalue weighted by Gasteiger charge is 2.07. The van der Waals surface area contributed by atoms with Gasteiger partial charge in [0.05, 0.1) is 6.54 Å². The second-order valence-corrected chi connectivity index (χ2v) is 4.10. The second-order valence-electron chi connectivity index (χ2n) is 4.10. The van der Waals surface area contributed by atoms with Crippen LogP contribution < -0.4 is 10.6 Å². The van der Waals surface area contributed by atoms with Crippen molar-refractivity contribution in [2.45, 2.75) is 26.7 Å². The van der Waals surface area contributed by atoms with Crippen molar-refractivity contribution >= 4 is 11.6 Å². The van der Waals surface area contributed by atoms with Gasteiger partial charge in [0.25, 0.3) is 0 Å². The maximum Gasteiger partial charge on any atom is 0.239 e. The van der Waals surface area contributed by atoms with Gasteiger partial charge in [0.2, 0.25) is 5.91 Å². The molecule has 3 nitrogen and oxygen atoms in total. The van der Waals surface area contributed by atoms with Crippen LogP contribution in [0, 0.1) is 0 Å². The van der Waals surface area contributed by atoms with Crippen LogP contribution in [-0.2, 0) is 17.6 Å². The average Bonchev–Trinajstić information content (AvgIpc) is 2.42. The van der Waals surface area contributed by atoms with Crippen molar-refractivity contribution in [3.05, 3.63) is 42.0 Å². The summed E-state index contributed by atoms with van der Waals surface area (Å²) in [5.74, 6) is -0.0112. The maximum atomic E-state index is 11.6. The lowest BCUT2D eigenvalue weighted by Crippen LogP contribution is -2.30. The minimum atomic E-state index is -0.0112. The smallest absolute Gasteiger partial charge is 0.239 e. The molecule has 0 aliphatic heterocycles. The van der Waals surface area contributed by atoms with E-state index in [4.69, 9.17) is 0 Å². The molecule has 0 bridgehead atoms. The van der Waals surface area contributed by atoms with Crippen LogP contribution in [0.1, 0.15) is 25.0 Å². The van der Waals surface area contributed by atoms with Crippen LogP contribution in [0.15, 0.2) is 30.9 Å². The zero-order valence-corrected chi connectivity index (χ0v) is 11.3. The molecule has 3 heteroatoms. The largest absolute Gasteiger partial charge is 0.376 e. The molecule has 0 spiro atoms. The van der Waals surface area contributed by atoms with Crippen molar-refractivity contribution in [2.75, 3.05) is 18.4 Å². The number of para-hydroxylation sites is 1. The van der Waals surface area contributed by atoms with Gasteiger partial charge in [-0.05, 0) is 24.0 Å². The van der Waals surface area contributed by atoms with Crippen molar-refractivity contribution in [3.8, 4) is 0 Å². The lowest BCUT2D eigenvalue weighted by atomic mass is 10.0. The first-order chi connectivity index (χ1) is 8.72. The number of nitrogens with one attached hydrogen (secondary N) is 2. The van der Waals surface area contributed by atoms with Gasteiger partial charge in [0.15, 0.2) is 0 Å². The van der Waals surface area contributed by atoms with E-state index in [9.17, 15) is 4.79 Å². The Morgan fingerprint density at radius 1 is 1.28 bits per heavy atom. The van der Waals surface area contributed by atoms with E-state index in [1.54, 1.807) is 6.08 Å². The molecule has 98 valence electrons. The highest BCUT2D eigenvalue weighted by Crippen LogP contribution is 2.22. The van der Waals surface area contributed by atoms with Gasteiger partial charge < -0.3 is 10.6 Å². The summed E-state index contributed by atoms with van der Waals surface area (Å²) < 4.78 is 0. The Labute approximate surface area is 109 Å². The maximum absolute atomic E-state index is 11.6. The summed E-state index contributed by atoms with van der Waals surface area (Å²) in [6, 6.07) is 6.27. The van der Waals surface area contributed by atoms with Crippen molar-refractivity contribution in [1.29, 1.82) is 0 Å². The number of hydrogen-bond acceptors (Lipinski definition) is 2. The molecule has 1 amide bonds. The van der Waals surface area contributed by atoms with Crippen LogP contribution in [0.3, 0.4) is 0 Å². The summed E-state index contributed by atoms with van der Waals surface area (Å²) in [7, 11) is 0. The summed E-state index contributed by atoms with van der Waals surface area (Å²) >= 11 is 0. The predicted octanol–water partition coefficient (Wildman–Crippen LogP) is 2.53. The summed E-state index contributed by atoms with van der Waals surface area (Å²) in [6.07, 6.45) is 3.60. The second kappa shape index (κ2) is 7.54. The van der Waals surface area contributed by atoms with E-state index >= 15 is 0 Å². The Morgan fingerprint density at radius 3 is 2.39 bits per heavy atom. The molecule has 0 atom stereocenters. The molecule has 0 aliphatic rings. The monoisotopic (exact) mass is 246 g/mol. The summed E-state index contributed by atoms with van der Waals surface area (Å²) in [6.45, 7) is 8.63. The molecular weight excluding hydrogens is 224 g/mol. The lowest BCUT2D eigenvalue weighted by Gasteiger charge is -2.15. The van der Waals surface area contributed by atoms with Crippen LogP contribution in [0.2, 0.25) is 0 Å². The fraction of sp³-hybridized carbons (Fsp3) is 0.400. The zero-order valence-electron chi connectivity index (χ0n) is 11.3. The van der Waals surface area contributed by atoms with Crippen molar-refractivity contribution in [2.24, 2.45) is 0 Å². The van der Waals surface area contributed by atoms with E-state index in [0.717, 1.165) is 18.5 Å². The molecule has 0 saturated heterocycles. The normalized spacial score (nSPS) is 9.89. The van der Waals surface area contributed by atoms with Gasteiger partial charge in [-0.25, -0.2) is 0 Å². The number of rotatable bonds is 7. The minimum absolute atomic E-state index is 0.0112. The van der Waals surface area contributed by atoms with Crippen molar-refractivity contribution < 1.29 is 4.79 Å². The summed E-state index contributed by atoms with van der Waals surface area (Å²) in [5, 5.41) is 6.00. The fourth-order valence-electron chi connectivity index (χ4n) is 1.89. The molecule has 0 heterocycles. The van der Waals surface area contributed by atoms with Crippen molar-refractivity contribution in [3.63, 3.8) is 0 Å². The molecule has 18 heavy (non-hydrogen) atoms. The van der Waals surface area contributed by atoms with E-state index in [0.29, 0.717) is 13.1 Å². The third-order valence-electron chi connectivity index (χ3n) is 2.87. The Hall–Kier alpha value is -1.77. The van der Waals surface area contributed by atoms with E-state index in [-0.39, 0.29) is 5.91 Å². The van der Waals surface area contributed by atoms with E-state index < -0.39 is 0 Å². The number of aryl methyl sites for hydroxylation is 2. The van der Waals surface area contributed by atoms with Crippen LogP contribution in [-0.4, -0.2) is 19.0 Å². The standard InChI is InChI=1S/C15H22N2O/c1-4-10-16-14(18)11-17-15-12(5-2)8-7-9-13(15)6-3/h4,7-9,17H,1,5-6,10-11H2,2-3H3,(H,16,18). The first kappa shape index (κ1) is 14.3. The van der Waals surface area contributed by atoms with E-state index in [1.165, 1.54) is 11.1 Å². The quantitative estimate of drug-likeness (QED) is 0.726. The van der Waals surface area contributed by atoms with Gasteiger partial charge in [-0.1, -0.05) is 38.1 Å². The van der Waals surface area contributed by atoms with Crippen molar-refractivity contribution in [1.82, 2.24) is 5.32 Å². The SMILES string of the molecule is C=CCNC(=O)CNc1c(CC)cccc1CC. The number of amides is 1. The van der Waals surface area contributed by atoms with Gasteiger partial charge in [-0.15, -0.1) is 6.58 Å². The Balaban J connectivity index is 2.70. The minimum Gasteiger partial charge on any atom is -0.376 e. The topological polar surface area (TPSA) is 41.1 Å². The molecule has 0 unspecified atom stereocenters. The summed E-state index contributed by atoms with van der Waals surface area (Å²) in [5.41, 5.74) is 3.62. The number of carbonyl (C=O) groups is 1.